The van der Waals surface area contributed by atoms with Gasteiger partial charge in [0.15, 0.2) is 0 Å². The van der Waals surface area contributed by atoms with Crippen molar-refractivity contribution < 1.29 is 13.5 Å². The lowest BCUT2D eigenvalue weighted by Gasteiger charge is -2.37. The molecule has 0 aromatic rings. The molecule has 0 aromatic carbocycles. The van der Waals surface area contributed by atoms with E-state index in [0.29, 0.717) is 19.5 Å². The summed E-state index contributed by atoms with van der Waals surface area (Å²) in [7, 11) is -1.75. The van der Waals surface area contributed by atoms with Crippen LogP contribution in [0.25, 0.3) is 0 Å². The topological polar surface area (TPSA) is 60.9 Å². The number of aliphatic hydroxyl groups is 1. The third kappa shape index (κ3) is 3.91. The summed E-state index contributed by atoms with van der Waals surface area (Å²) in [5.41, 5.74) is 0. The molecule has 1 unspecified atom stereocenters. The van der Waals surface area contributed by atoms with E-state index in [1.165, 1.54) is 4.31 Å². The van der Waals surface area contributed by atoms with Gasteiger partial charge in [0.1, 0.15) is 0 Å². The summed E-state index contributed by atoms with van der Waals surface area (Å²) in [5, 5.41) is 8.79. The van der Waals surface area contributed by atoms with E-state index in [1.54, 1.807) is 11.4 Å². The van der Waals surface area contributed by atoms with Gasteiger partial charge in [-0.25, -0.2) is 0 Å². The van der Waals surface area contributed by atoms with Gasteiger partial charge >= 0.3 is 0 Å². The van der Waals surface area contributed by atoms with Gasteiger partial charge in [0.2, 0.25) is 0 Å². The van der Waals surface area contributed by atoms with E-state index in [9.17, 15) is 8.42 Å². The zero-order chi connectivity index (χ0) is 13.6. The summed E-state index contributed by atoms with van der Waals surface area (Å²) < 4.78 is 27.9. The zero-order valence-corrected chi connectivity index (χ0v) is 12.3. The van der Waals surface area contributed by atoms with Gasteiger partial charge in [0.05, 0.1) is 0 Å². The fourth-order valence-electron chi connectivity index (χ4n) is 2.49. The average Bonchev–Trinajstić information content (AvgIpc) is 2.36. The van der Waals surface area contributed by atoms with Crippen LogP contribution in [0.3, 0.4) is 0 Å². The molecule has 0 bridgehead atoms. The molecule has 0 radical (unpaired) electrons. The third-order valence-electron chi connectivity index (χ3n) is 3.52. The van der Waals surface area contributed by atoms with Crippen LogP contribution in [0.5, 0.6) is 0 Å². The highest BCUT2D eigenvalue weighted by Crippen LogP contribution is 2.25. The molecule has 6 heteroatoms. The van der Waals surface area contributed by atoms with Gasteiger partial charge in [-0.3, -0.25) is 0 Å². The minimum Gasteiger partial charge on any atom is -0.396 e. The quantitative estimate of drug-likeness (QED) is 0.761. The molecule has 1 fully saturated rings. The van der Waals surface area contributed by atoms with Gasteiger partial charge in [-0.05, 0) is 25.7 Å². The first-order valence-corrected chi connectivity index (χ1v) is 8.27. The molecular weight excluding hydrogens is 252 g/mol. The van der Waals surface area contributed by atoms with E-state index < -0.39 is 10.2 Å². The number of rotatable bonds is 7. The van der Waals surface area contributed by atoms with E-state index in [2.05, 4.69) is 6.92 Å². The van der Waals surface area contributed by atoms with Crippen LogP contribution in [0.4, 0.5) is 0 Å². The minimum absolute atomic E-state index is 0.0260. The van der Waals surface area contributed by atoms with Gasteiger partial charge < -0.3 is 5.11 Å². The molecule has 1 saturated heterocycles. The highest BCUT2D eigenvalue weighted by Gasteiger charge is 2.34. The summed E-state index contributed by atoms with van der Waals surface area (Å²) in [5.74, 6) is 0. The maximum atomic E-state index is 12.4. The molecule has 1 N–H and O–H groups in total. The van der Waals surface area contributed by atoms with Gasteiger partial charge in [0, 0.05) is 32.8 Å². The second kappa shape index (κ2) is 7.43. The van der Waals surface area contributed by atoms with E-state index in [1.807, 2.05) is 0 Å². The monoisotopic (exact) mass is 278 g/mol. The Morgan fingerprint density at radius 3 is 2.72 bits per heavy atom. The highest BCUT2D eigenvalue weighted by atomic mass is 32.2. The second-order valence-corrected chi connectivity index (χ2v) is 6.94. The first-order chi connectivity index (χ1) is 8.54. The van der Waals surface area contributed by atoms with Crippen LogP contribution < -0.4 is 0 Å². The molecule has 0 aliphatic carbocycles. The zero-order valence-electron chi connectivity index (χ0n) is 11.5. The number of aliphatic hydroxyl groups excluding tert-OH is 1. The Labute approximate surface area is 111 Å². The minimum atomic E-state index is -3.35. The molecule has 18 heavy (non-hydrogen) atoms. The molecule has 0 aromatic heterocycles. The summed E-state index contributed by atoms with van der Waals surface area (Å²) >= 11 is 0. The van der Waals surface area contributed by atoms with Gasteiger partial charge in [-0.1, -0.05) is 19.8 Å². The molecule has 1 aliphatic rings. The summed E-state index contributed by atoms with van der Waals surface area (Å²) in [6, 6.07) is 0.158. The fourth-order valence-corrected chi connectivity index (χ4v) is 4.15. The number of nitrogens with zero attached hydrogens (tertiary/aromatic N) is 2. The van der Waals surface area contributed by atoms with Crippen molar-refractivity contribution >= 4 is 10.2 Å². The van der Waals surface area contributed by atoms with Crippen molar-refractivity contribution in [3.05, 3.63) is 0 Å². The second-order valence-electron chi connectivity index (χ2n) is 4.96. The Balaban J connectivity index is 2.73. The number of hydrogen-bond donors (Lipinski definition) is 1. The van der Waals surface area contributed by atoms with Crippen molar-refractivity contribution in [2.24, 2.45) is 0 Å². The molecule has 108 valence electrons. The van der Waals surface area contributed by atoms with E-state index in [4.69, 9.17) is 5.11 Å². The van der Waals surface area contributed by atoms with Crippen molar-refractivity contribution in [3.8, 4) is 0 Å². The fraction of sp³-hybridized carbons (Fsp3) is 1.00. The Hall–Kier alpha value is -0.170. The first kappa shape index (κ1) is 15.9. The third-order valence-corrected chi connectivity index (χ3v) is 5.56. The molecule has 5 nitrogen and oxygen atoms in total. The molecule has 1 aliphatic heterocycles. The molecule has 1 atom stereocenters. The van der Waals surface area contributed by atoms with Crippen molar-refractivity contribution in [2.45, 2.75) is 51.5 Å². The Kier molecular flexibility index (Phi) is 6.55. The molecule has 0 spiro atoms. The molecular formula is C12H26N2O3S. The Bertz CT molecular complexity index is 330. The lowest BCUT2D eigenvalue weighted by molar-refractivity contribution is 0.220. The van der Waals surface area contributed by atoms with Crippen LogP contribution >= 0.6 is 0 Å². The maximum Gasteiger partial charge on any atom is 0.281 e. The van der Waals surface area contributed by atoms with Crippen molar-refractivity contribution in [1.82, 2.24) is 8.61 Å². The van der Waals surface area contributed by atoms with Gasteiger partial charge in [-0.15, -0.1) is 0 Å². The molecule has 1 rings (SSSR count). The number of hydrogen-bond acceptors (Lipinski definition) is 3. The highest BCUT2D eigenvalue weighted by molar-refractivity contribution is 7.86. The number of piperidine rings is 1. The summed E-state index contributed by atoms with van der Waals surface area (Å²) in [6.45, 7) is 3.14. The Morgan fingerprint density at radius 2 is 2.11 bits per heavy atom. The van der Waals surface area contributed by atoms with Crippen LogP contribution in [0.15, 0.2) is 0 Å². The van der Waals surface area contributed by atoms with Crippen LogP contribution in [0.1, 0.15) is 45.4 Å². The lowest BCUT2D eigenvalue weighted by atomic mass is 10.0. The molecule has 1 heterocycles. The van der Waals surface area contributed by atoms with Gasteiger partial charge in [0.25, 0.3) is 10.2 Å². The summed E-state index contributed by atoms with van der Waals surface area (Å²) in [4.78, 5) is 0. The van der Waals surface area contributed by atoms with Crippen molar-refractivity contribution in [3.63, 3.8) is 0 Å². The van der Waals surface area contributed by atoms with Crippen LogP contribution in [0, 0.1) is 0 Å². The van der Waals surface area contributed by atoms with Crippen LogP contribution in [-0.2, 0) is 10.2 Å². The predicted molar refractivity (Wildman–Crippen MR) is 72.5 cm³/mol. The van der Waals surface area contributed by atoms with Crippen LogP contribution in [0.2, 0.25) is 0 Å². The largest absolute Gasteiger partial charge is 0.396 e. The predicted octanol–water partition coefficient (Wildman–Crippen LogP) is 1.20. The first-order valence-electron chi connectivity index (χ1n) is 6.88. The van der Waals surface area contributed by atoms with E-state index in [-0.39, 0.29) is 12.6 Å². The normalized spacial score (nSPS) is 22.6. The standard InChI is InChI=1S/C12H26N2O3S/c1-3-7-12-8-4-5-10-14(12)18(16,17)13(2)9-6-11-15/h12,15H,3-11H2,1-2H3. The smallest absolute Gasteiger partial charge is 0.281 e. The van der Waals surface area contributed by atoms with Crippen molar-refractivity contribution in [1.29, 1.82) is 0 Å². The maximum absolute atomic E-state index is 12.4. The van der Waals surface area contributed by atoms with Gasteiger partial charge in [-0.2, -0.15) is 17.0 Å². The Morgan fingerprint density at radius 1 is 1.39 bits per heavy atom. The SMILES string of the molecule is CCCC1CCCCN1S(=O)(=O)N(C)CCCO. The van der Waals surface area contributed by atoms with E-state index >= 15 is 0 Å². The molecule has 0 saturated carbocycles. The summed E-state index contributed by atoms with van der Waals surface area (Å²) in [6.07, 6.45) is 5.48. The molecule has 0 amide bonds. The van der Waals surface area contributed by atoms with E-state index in [0.717, 1.165) is 32.1 Å². The average molecular weight is 278 g/mol. The van der Waals surface area contributed by atoms with Crippen molar-refractivity contribution in [2.75, 3.05) is 26.7 Å². The lowest BCUT2D eigenvalue weighted by Crippen LogP contribution is -2.49. The van der Waals surface area contributed by atoms with Crippen LogP contribution in [-0.4, -0.2) is 54.9 Å².